The molecule has 0 atom stereocenters. The van der Waals surface area contributed by atoms with Gasteiger partial charge in [-0.2, -0.15) is 0 Å². The van der Waals surface area contributed by atoms with Crippen LogP contribution in [0.1, 0.15) is 0 Å². The maximum Gasteiger partial charge on any atom is 0.238 e. The van der Waals surface area contributed by atoms with Crippen molar-refractivity contribution in [3.63, 3.8) is 0 Å². The molecule has 0 aliphatic carbocycles. The summed E-state index contributed by atoms with van der Waals surface area (Å²) in [5, 5.41) is 5.07. The van der Waals surface area contributed by atoms with Gasteiger partial charge >= 0.3 is 0 Å². The smallest absolute Gasteiger partial charge is 0.238 e. The van der Waals surface area contributed by atoms with Gasteiger partial charge in [-0.05, 0) is 35.4 Å². The Hall–Kier alpha value is -1.85. The quantitative estimate of drug-likeness (QED) is 0.933. The lowest BCUT2D eigenvalue weighted by molar-refractivity contribution is 0.598. The molecule has 2 aromatic carbocycles. The van der Waals surface area contributed by atoms with Gasteiger partial charge in [0.25, 0.3) is 0 Å². The summed E-state index contributed by atoms with van der Waals surface area (Å²) < 4.78 is 22.3. The number of primary sulfonamides is 1. The molecule has 0 unspecified atom stereocenters. The molecule has 0 aliphatic rings. The second-order valence-electron chi connectivity index (χ2n) is 4.51. The summed E-state index contributed by atoms with van der Waals surface area (Å²) in [6, 6.07) is 14.6. The molecular weight excluding hydrogens is 260 g/mol. The Balaban J connectivity index is 2.32. The molecule has 0 radical (unpaired) electrons. The first kappa shape index (κ1) is 13.6. The van der Waals surface area contributed by atoms with Crippen LogP contribution in [0.5, 0.6) is 0 Å². The highest BCUT2D eigenvalue weighted by Gasteiger charge is 2.07. The summed E-state index contributed by atoms with van der Waals surface area (Å²) in [6.45, 7) is 0. The summed E-state index contributed by atoms with van der Waals surface area (Å²) in [4.78, 5) is 2.15. The minimum Gasteiger partial charge on any atom is -0.378 e. The minimum atomic E-state index is -3.63. The molecule has 0 heterocycles. The van der Waals surface area contributed by atoms with Crippen molar-refractivity contribution in [3.05, 3.63) is 48.5 Å². The van der Waals surface area contributed by atoms with Crippen molar-refractivity contribution >= 4 is 15.7 Å². The topological polar surface area (TPSA) is 63.4 Å². The summed E-state index contributed by atoms with van der Waals surface area (Å²) in [5.41, 5.74) is 3.11. The van der Waals surface area contributed by atoms with Crippen LogP contribution in [0.3, 0.4) is 0 Å². The van der Waals surface area contributed by atoms with Crippen molar-refractivity contribution in [1.82, 2.24) is 0 Å². The van der Waals surface area contributed by atoms with E-state index in [1.807, 2.05) is 43.3 Å². The molecule has 2 N–H and O–H groups in total. The second-order valence-corrected chi connectivity index (χ2v) is 6.07. The normalized spacial score (nSPS) is 11.3. The first-order valence-electron chi connectivity index (χ1n) is 5.78. The maximum absolute atomic E-state index is 11.2. The van der Waals surface area contributed by atoms with Crippen LogP contribution in [0.2, 0.25) is 0 Å². The lowest BCUT2D eigenvalue weighted by Gasteiger charge is -2.12. The van der Waals surface area contributed by atoms with Gasteiger partial charge in [0.15, 0.2) is 0 Å². The zero-order valence-electron chi connectivity index (χ0n) is 10.9. The van der Waals surface area contributed by atoms with Crippen LogP contribution in [-0.2, 0) is 10.0 Å². The van der Waals surface area contributed by atoms with Gasteiger partial charge < -0.3 is 4.90 Å². The van der Waals surface area contributed by atoms with Gasteiger partial charge in [0.05, 0.1) is 4.90 Å². The van der Waals surface area contributed by atoms with Gasteiger partial charge in [-0.3, -0.25) is 0 Å². The van der Waals surface area contributed by atoms with Gasteiger partial charge in [0.1, 0.15) is 0 Å². The second kappa shape index (κ2) is 5.03. The van der Waals surface area contributed by atoms with Gasteiger partial charge in [0, 0.05) is 19.8 Å². The molecular formula is C14H16N2O2S. The van der Waals surface area contributed by atoms with Crippen LogP contribution >= 0.6 is 0 Å². The molecule has 0 saturated heterocycles. The average molecular weight is 276 g/mol. The molecule has 0 saturated carbocycles. The number of nitrogens with zero attached hydrogens (tertiary/aromatic N) is 1. The zero-order chi connectivity index (χ0) is 14.0. The Bertz CT molecular complexity index is 660. The molecule has 0 aromatic heterocycles. The zero-order valence-corrected chi connectivity index (χ0v) is 11.7. The van der Waals surface area contributed by atoms with Crippen molar-refractivity contribution in [2.75, 3.05) is 19.0 Å². The number of anilines is 1. The van der Waals surface area contributed by atoms with Crippen LogP contribution in [-0.4, -0.2) is 22.5 Å². The van der Waals surface area contributed by atoms with Crippen LogP contribution in [0.4, 0.5) is 5.69 Å². The predicted molar refractivity (Wildman–Crippen MR) is 77.6 cm³/mol. The standard InChI is InChI=1S/C14H16N2O2S/c1-16(2)13-7-3-11(4-8-13)12-5-9-14(10-6-12)19(15,17)18/h3-10H,1-2H3,(H2,15,17,18). The van der Waals surface area contributed by atoms with E-state index < -0.39 is 10.0 Å². The predicted octanol–water partition coefficient (Wildman–Crippen LogP) is 2.07. The number of hydrogen-bond acceptors (Lipinski definition) is 3. The van der Waals surface area contributed by atoms with E-state index in [9.17, 15) is 8.42 Å². The lowest BCUT2D eigenvalue weighted by atomic mass is 10.1. The Kier molecular flexibility index (Phi) is 3.59. The molecule has 0 bridgehead atoms. The van der Waals surface area contributed by atoms with Crippen molar-refractivity contribution < 1.29 is 8.42 Å². The molecule has 4 nitrogen and oxygen atoms in total. The summed E-state index contributed by atoms with van der Waals surface area (Å²) >= 11 is 0. The summed E-state index contributed by atoms with van der Waals surface area (Å²) in [7, 11) is 0.338. The average Bonchev–Trinajstić information content (AvgIpc) is 2.38. The third-order valence-electron chi connectivity index (χ3n) is 2.90. The fraction of sp³-hybridized carbons (Fsp3) is 0.143. The van der Waals surface area contributed by atoms with Crippen LogP contribution < -0.4 is 10.0 Å². The highest BCUT2D eigenvalue weighted by atomic mass is 32.2. The monoisotopic (exact) mass is 276 g/mol. The maximum atomic E-state index is 11.2. The fourth-order valence-corrected chi connectivity index (χ4v) is 2.30. The third kappa shape index (κ3) is 3.13. The summed E-state index contributed by atoms with van der Waals surface area (Å²) in [5.74, 6) is 0. The number of nitrogens with two attached hydrogens (primary N) is 1. The minimum absolute atomic E-state index is 0.126. The van der Waals surface area contributed by atoms with Gasteiger partial charge in [0.2, 0.25) is 10.0 Å². The van der Waals surface area contributed by atoms with E-state index in [0.717, 1.165) is 16.8 Å². The Labute approximate surface area is 113 Å². The molecule has 100 valence electrons. The van der Waals surface area contributed by atoms with E-state index in [0.29, 0.717) is 0 Å². The van der Waals surface area contributed by atoms with E-state index in [2.05, 4.69) is 0 Å². The van der Waals surface area contributed by atoms with Gasteiger partial charge in [-0.1, -0.05) is 24.3 Å². The van der Waals surface area contributed by atoms with Crippen molar-refractivity contribution in [2.45, 2.75) is 4.90 Å². The highest BCUT2D eigenvalue weighted by Crippen LogP contribution is 2.23. The van der Waals surface area contributed by atoms with E-state index in [4.69, 9.17) is 5.14 Å². The first-order chi connectivity index (χ1) is 8.88. The largest absolute Gasteiger partial charge is 0.378 e. The Morgan fingerprint density at radius 3 is 1.63 bits per heavy atom. The highest BCUT2D eigenvalue weighted by molar-refractivity contribution is 7.89. The Morgan fingerprint density at radius 1 is 0.842 bits per heavy atom. The molecule has 0 amide bonds. The van der Waals surface area contributed by atoms with Gasteiger partial charge in [-0.25, -0.2) is 13.6 Å². The SMILES string of the molecule is CN(C)c1ccc(-c2ccc(S(N)(=O)=O)cc2)cc1. The molecule has 2 rings (SSSR count). The number of hydrogen-bond donors (Lipinski definition) is 1. The lowest BCUT2D eigenvalue weighted by Crippen LogP contribution is -2.11. The number of benzene rings is 2. The van der Waals surface area contributed by atoms with E-state index in [1.54, 1.807) is 12.1 Å². The molecule has 5 heteroatoms. The van der Waals surface area contributed by atoms with Crippen molar-refractivity contribution in [1.29, 1.82) is 0 Å². The molecule has 19 heavy (non-hydrogen) atoms. The molecule has 0 aliphatic heterocycles. The number of sulfonamides is 1. The first-order valence-corrected chi connectivity index (χ1v) is 7.33. The fourth-order valence-electron chi connectivity index (χ4n) is 1.79. The summed E-state index contributed by atoms with van der Waals surface area (Å²) in [6.07, 6.45) is 0. The van der Waals surface area contributed by atoms with Crippen LogP contribution in [0.25, 0.3) is 11.1 Å². The number of rotatable bonds is 3. The van der Waals surface area contributed by atoms with E-state index in [1.165, 1.54) is 12.1 Å². The van der Waals surface area contributed by atoms with E-state index in [-0.39, 0.29) is 4.90 Å². The van der Waals surface area contributed by atoms with Crippen molar-refractivity contribution in [3.8, 4) is 11.1 Å². The molecule has 0 fully saturated rings. The third-order valence-corrected chi connectivity index (χ3v) is 3.83. The van der Waals surface area contributed by atoms with Gasteiger partial charge in [-0.15, -0.1) is 0 Å². The molecule has 2 aromatic rings. The van der Waals surface area contributed by atoms with E-state index >= 15 is 0 Å². The van der Waals surface area contributed by atoms with Crippen LogP contribution in [0, 0.1) is 0 Å². The Morgan fingerprint density at radius 2 is 1.26 bits per heavy atom. The molecule has 0 spiro atoms. The van der Waals surface area contributed by atoms with Crippen molar-refractivity contribution in [2.24, 2.45) is 5.14 Å². The van der Waals surface area contributed by atoms with Crippen LogP contribution in [0.15, 0.2) is 53.4 Å².